The number of nitro groups is 1. The van der Waals surface area contributed by atoms with E-state index in [1.807, 2.05) is 6.07 Å². The molecule has 0 atom stereocenters. The molecule has 1 heterocycles. The summed E-state index contributed by atoms with van der Waals surface area (Å²) >= 11 is 0. The van der Waals surface area contributed by atoms with Crippen LogP contribution in [0.25, 0.3) is 11.3 Å². The molecule has 2 rings (SSSR count). The summed E-state index contributed by atoms with van der Waals surface area (Å²) in [6.07, 6.45) is 0. The second kappa shape index (κ2) is 3.25. The van der Waals surface area contributed by atoms with Gasteiger partial charge in [0.1, 0.15) is 4.92 Å². The van der Waals surface area contributed by atoms with Gasteiger partial charge in [0, 0.05) is 10.8 Å². The molecule has 70 valence electrons. The van der Waals surface area contributed by atoms with Crippen LogP contribution in [-0.2, 0) is 0 Å². The summed E-state index contributed by atoms with van der Waals surface area (Å²) in [6, 6.07) is 8.73. The first-order chi connectivity index (χ1) is 6.79. The molecule has 0 saturated heterocycles. The predicted octanol–water partition coefficient (Wildman–Crippen LogP) is 1.64. The normalized spacial score (nSPS) is 10.0. The molecule has 6 nitrogen and oxygen atoms in total. The van der Waals surface area contributed by atoms with E-state index in [9.17, 15) is 10.1 Å². The molecule has 14 heavy (non-hydrogen) atoms. The molecule has 0 bridgehead atoms. The summed E-state index contributed by atoms with van der Waals surface area (Å²) in [7, 11) is 0. The van der Waals surface area contributed by atoms with Gasteiger partial charge in [0.15, 0.2) is 0 Å². The van der Waals surface area contributed by atoms with Crippen molar-refractivity contribution in [1.29, 1.82) is 0 Å². The highest BCUT2D eigenvalue weighted by Gasteiger charge is 2.22. The minimum absolute atomic E-state index is 0.149. The highest BCUT2D eigenvalue weighted by molar-refractivity contribution is 5.65. The smallest absolute Gasteiger partial charge is 0.267 e. The Balaban J connectivity index is 2.52. The van der Waals surface area contributed by atoms with Crippen LogP contribution in [0.2, 0.25) is 0 Å². The first kappa shape index (κ1) is 8.36. The summed E-state index contributed by atoms with van der Waals surface area (Å²) in [6.45, 7) is 0. The molecule has 2 aromatic rings. The van der Waals surface area contributed by atoms with Gasteiger partial charge in [0.2, 0.25) is 5.69 Å². The van der Waals surface area contributed by atoms with Crippen molar-refractivity contribution >= 4 is 5.88 Å². The largest absolute Gasteiger partial charge is 0.483 e. The zero-order chi connectivity index (χ0) is 9.97. The first-order valence-corrected chi connectivity index (χ1v) is 3.81. The lowest BCUT2D eigenvalue weighted by atomic mass is 10.2. The van der Waals surface area contributed by atoms with Gasteiger partial charge in [-0.15, -0.1) is 5.10 Å². The van der Waals surface area contributed by atoms with Crippen LogP contribution in [0.5, 0.6) is 0 Å². The monoisotopic (exact) mass is 191 g/mol. The van der Waals surface area contributed by atoms with Gasteiger partial charge in [0.25, 0.3) is 0 Å². The Morgan fingerprint density at radius 1 is 1.29 bits per heavy atom. The average molecular weight is 191 g/mol. The number of nitrogens with zero attached hydrogens (tertiary/aromatic N) is 3. The van der Waals surface area contributed by atoms with Crippen molar-refractivity contribution in [3.63, 3.8) is 0 Å². The summed E-state index contributed by atoms with van der Waals surface area (Å²) in [5.41, 5.74) is 0.760. The molecule has 0 radical (unpaired) electrons. The predicted molar refractivity (Wildman–Crippen MR) is 46.4 cm³/mol. The average Bonchev–Trinajstić information content (AvgIpc) is 2.67. The third-order valence-corrected chi connectivity index (χ3v) is 1.68. The first-order valence-electron chi connectivity index (χ1n) is 3.81. The van der Waals surface area contributed by atoms with Gasteiger partial charge < -0.3 is 0 Å². The topological polar surface area (TPSA) is 82.1 Å². The molecular weight excluding hydrogens is 186 g/mol. The third kappa shape index (κ3) is 1.33. The Morgan fingerprint density at radius 3 is 2.64 bits per heavy atom. The Morgan fingerprint density at radius 2 is 2.00 bits per heavy atom. The molecule has 6 heteroatoms. The Bertz CT molecular complexity index is 452. The maximum atomic E-state index is 10.5. The molecule has 0 saturated carbocycles. The highest BCUT2D eigenvalue weighted by Crippen LogP contribution is 2.26. The maximum Gasteiger partial charge on any atom is 0.483 e. The van der Waals surface area contributed by atoms with E-state index >= 15 is 0 Å². The molecule has 0 aliphatic heterocycles. The maximum absolute atomic E-state index is 10.5. The van der Waals surface area contributed by atoms with Gasteiger partial charge >= 0.3 is 5.88 Å². The van der Waals surface area contributed by atoms with E-state index in [4.69, 9.17) is 0 Å². The van der Waals surface area contributed by atoms with Crippen LogP contribution in [0.15, 0.2) is 34.9 Å². The molecule has 0 aliphatic carbocycles. The van der Waals surface area contributed by atoms with Crippen molar-refractivity contribution in [1.82, 2.24) is 10.4 Å². The molecule has 0 spiro atoms. The third-order valence-electron chi connectivity index (χ3n) is 1.68. The van der Waals surface area contributed by atoms with Gasteiger partial charge in [-0.2, -0.15) is 0 Å². The van der Waals surface area contributed by atoms with E-state index in [0.29, 0.717) is 5.56 Å². The van der Waals surface area contributed by atoms with Crippen molar-refractivity contribution in [3.05, 3.63) is 40.4 Å². The van der Waals surface area contributed by atoms with Gasteiger partial charge in [-0.1, -0.05) is 30.3 Å². The molecule has 0 N–H and O–H groups in total. The number of hydrogen-bond acceptors (Lipinski definition) is 5. The van der Waals surface area contributed by atoms with Crippen LogP contribution in [0.1, 0.15) is 0 Å². The van der Waals surface area contributed by atoms with Crippen LogP contribution in [0, 0.1) is 10.1 Å². The van der Waals surface area contributed by atoms with Gasteiger partial charge in [-0.05, 0) is 0 Å². The SMILES string of the molecule is O=[N+]([O-])c1onnc1-c1ccccc1. The fourth-order valence-electron chi connectivity index (χ4n) is 1.08. The van der Waals surface area contributed by atoms with Crippen molar-refractivity contribution in [2.45, 2.75) is 0 Å². The number of aromatic nitrogens is 2. The van der Waals surface area contributed by atoms with E-state index < -0.39 is 10.8 Å². The number of benzene rings is 1. The lowest BCUT2D eigenvalue weighted by molar-refractivity contribution is -0.403. The lowest BCUT2D eigenvalue weighted by Crippen LogP contribution is -1.88. The molecule has 1 aromatic heterocycles. The second-order valence-electron chi connectivity index (χ2n) is 2.55. The highest BCUT2D eigenvalue weighted by atomic mass is 16.7. The Hall–Kier alpha value is -2.24. The van der Waals surface area contributed by atoms with E-state index in [2.05, 4.69) is 14.9 Å². The van der Waals surface area contributed by atoms with Gasteiger partial charge in [0.05, 0.1) is 0 Å². The van der Waals surface area contributed by atoms with Crippen LogP contribution < -0.4 is 0 Å². The fraction of sp³-hybridized carbons (Fsp3) is 0. The van der Waals surface area contributed by atoms with Gasteiger partial charge in [-0.25, -0.2) is 0 Å². The van der Waals surface area contributed by atoms with Crippen LogP contribution >= 0.6 is 0 Å². The quantitative estimate of drug-likeness (QED) is 0.532. The van der Waals surface area contributed by atoms with Gasteiger partial charge in [-0.3, -0.25) is 14.6 Å². The molecule has 0 unspecified atom stereocenters. The van der Waals surface area contributed by atoms with Crippen molar-refractivity contribution in [2.24, 2.45) is 0 Å². The summed E-state index contributed by atoms with van der Waals surface area (Å²) in [5.74, 6) is -0.434. The minimum atomic E-state index is -0.650. The molecule has 0 aliphatic rings. The van der Waals surface area contributed by atoms with E-state index in [1.54, 1.807) is 24.3 Å². The zero-order valence-electron chi connectivity index (χ0n) is 6.95. The fourth-order valence-corrected chi connectivity index (χ4v) is 1.08. The van der Waals surface area contributed by atoms with Crippen molar-refractivity contribution < 1.29 is 9.45 Å². The molecule has 0 amide bonds. The minimum Gasteiger partial charge on any atom is -0.267 e. The Labute approximate surface area is 78.3 Å². The number of hydrogen-bond donors (Lipinski definition) is 0. The Kier molecular flexibility index (Phi) is 1.94. The van der Waals surface area contributed by atoms with Crippen LogP contribution in [0.3, 0.4) is 0 Å². The van der Waals surface area contributed by atoms with Crippen LogP contribution in [-0.4, -0.2) is 15.3 Å². The summed E-state index contributed by atoms with van der Waals surface area (Å²) in [5, 5.41) is 17.2. The number of rotatable bonds is 2. The van der Waals surface area contributed by atoms with Crippen molar-refractivity contribution in [2.75, 3.05) is 0 Å². The van der Waals surface area contributed by atoms with Crippen LogP contribution in [0.4, 0.5) is 5.88 Å². The summed E-state index contributed by atoms with van der Waals surface area (Å²) in [4.78, 5) is 9.84. The zero-order valence-corrected chi connectivity index (χ0v) is 6.95. The molecule has 0 fully saturated rings. The van der Waals surface area contributed by atoms with E-state index in [-0.39, 0.29) is 5.69 Å². The second-order valence-corrected chi connectivity index (χ2v) is 2.55. The molecular formula is C8H5N3O3. The van der Waals surface area contributed by atoms with Crippen molar-refractivity contribution in [3.8, 4) is 11.3 Å². The lowest BCUT2D eigenvalue weighted by Gasteiger charge is -1.91. The standard InChI is InChI=1S/C8H5N3O3/c12-11(13)8-7(9-10-14-8)6-4-2-1-3-5-6/h1-5H. The summed E-state index contributed by atoms with van der Waals surface area (Å²) < 4.78 is 4.42. The van der Waals surface area contributed by atoms with E-state index in [1.165, 1.54) is 0 Å². The molecule has 1 aromatic carbocycles. The van der Waals surface area contributed by atoms with E-state index in [0.717, 1.165) is 0 Å².